The Labute approximate surface area is 64.5 Å². The summed E-state index contributed by atoms with van der Waals surface area (Å²) in [6.07, 6.45) is 1.33. The highest BCUT2D eigenvalue weighted by atomic mass is 16.3. The minimum Gasteiger partial charge on any atom is -0.233 e. The molecule has 0 saturated heterocycles. The molecule has 0 bridgehead atoms. The molecule has 1 radical (unpaired) electrons. The molecule has 0 N–H and O–H groups in total. The summed E-state index contributed by atoms with van der Waals surface area (Å²) in [5.74, 6) is 1.11. The van der Waals surface area contributed by atoms with Gasteiger partial charge in [0.25, 0.3) is 0 Å². The van der Waals surface area contributed by atoms with Crippen LogP contribution in [0.15, 0.2) is 0 Å². The summed E-state index contributed by atoms with van der Waals surface area (Å²) < 4.78 is 0. The normalized spacial score (nSPS) is 12.0. The van der Waals surface area contributed by atoms with Crippen LogP contribution in [0.3, 0.4) is 0 Å². The average Bonchev–Trinajstić information content (AvgIpc) is 1.58. The molecule has 0 amide bonds. The van der Waals surface area contributed by atoms with Crippen LogP contribution in [0, 0.1) is 11.8 Å². The van der Waals surface area contributed by atoms with Crippen molar-refractivity contribution in [1.82, 2.24) is 0 Å². The first-order valence-corrected chi connectivity index (χ1v) is 4.18. The lowest BCUT2D eigenvalue weighted by Crippen LogP contribution is -2.11. The first kappa shape index (κ1) is 9.96. The molecule has 1 nitrogen and oxygen atoms in total. The van der Waals surface area contributed by atoms with Gasteiger partial charge in [-0.1, -0.05) is 27.7 Å². The van der Waals surface area contributed by atoms with Gasteiger partial charge in [0.15, 0.2) is 0 Å². The zero-order valence-corrected chi connectivity index (χ0v) is 7.55. The van der Waals surface area contributed by atoms with Gasteiger partial charge >= 0.3 is 0 Å². The highest BCUT2D eigenvalue weighted by Crippen LogP contribution is 2.12. The van der Waals surface area contributed by atoms with Gasteiger partial charge in [0.2, 0.25) is 0 Å². The van der Waals surface area contributed by atoms with Crippen LogP contribution in [-0.4, -0.2) is 6.10 Å². The zero-order valence-electron chi connectivity index (χ0n) is 7.55. The molecule has 0 fully saturated rings. The monoisotopic (exact) mass is 143 g/mol. The van der Waals surface area contributed by atoms with Gasteiger partial charge in [-0.05, 0) is 24.7 Å². The molecule has 0 spiro atoms. The van der Waals surface area contributed by atoms with Crippen LogP contribution in [0.2, 0.25) is 0 Å². The van der Waals surface area contributed by atoms with E-state index < -0.39 is 0 Å². The van der Waals surface area contributed by atoms with Crippen LogP contribution in [-0.2, 0) is 5.11 Å². The standard InChI is InChI=1S/C9H19O/c1-7(2)5-9(10)6-8(3)4/h7-9H,5-6H2,1-4H3. The molecule has 0 aromatic carbocycles. The predicted molar refractivity (Wildman–Crippen MR) is 43.4 cm³/mol. The first-order chi connectivity index (χ1) is 4.52. The fraction of sp³-hybridized carbons (Fsp3) is 1.00. The van der Waals surface area contributed by atoms with E-state index in [1.807, 2.05) is 0 Å². The van der Waals surface area contributed by atoms with E-state index in [1.54, 1.807) is 0 Å². The largest absolute Gasteiger partial charge is 0.233 e. The molecule has 0 aliphatic rings. The highest BCUT2D eigenvalue weighted by molar-refractivity contribution is 4.59. The van der Waals surface area contributed by atoms with Gasteiger partial charge in [-0.15, -0.1) is 0 Å². The van der Waals surface area contributed by atoms with Gasteiger partial charge in [-0.25, -0.2) is 5.11 Å². The molecular formula is C9H19O. The Bertz CT molecular complexity index is 66.8. The number of hydrogen-bond acceptors (Lipinski definition) is 0. The van der Waals surface area contributed by atoms with Gasteiger partial charge in [-0.3, -0.25) is 0 Å². The molecule has 0 heterocycles. The lowest BCUT2D eigenvalue weighted by Gasteiger charge is -2.12. The summed E-state index contributed by atoms with van der Waals surface area (Å²) in [4.78, 5) is 0. The maximum atomic E-state index is 11.1. The van der Waals surface area contributed by atoms with E-state index in [0.717, 1.165) is 12.8 Å². The summed E-state index contributed by atoms with van der Waals surface area (Å²) in [7, 11) is 0. The smallest absolute Gasteiger partial charge is 0.0935 e. The molecule has 0 aromatic rings. The predicted octanol–water partition coefficient (Wildman–Crippen LogP) is 2.88. The van der Waals surface area contributed by atoms with Crippen LogP contribution in [0.25, 0.3) is 0 Å². The lowest BCUT2D eigenvalue weighted by atomic mass is 9.98. The summed E-state index contributed by atoms with van der Waals surface area (Å²) in [5.41, 5.74) is 0. The molecular weight excluding hydrogens is 124 g/mol. The van der Waals surface area contributed by atoms with Gasteiger partial charge < -0.3 is 0 Å². The van der Waals surface area contributed by atoms with Gasteiger partial charge in [0.1, 0.15) is 0 Å². The fourth-order valence-corrected chi connectivity index (χ4v) is 1.15. The van der Waals surface area contributed by atoms with E-state index in [-0.39, 0.29) is 6.10 Å². The minimum absolute atomic E-state index is 0.333. The lowest BCUT2D eigenvalue weighted by molar-refractivity contribution is 0.0528. The van der Waals surface area contributed by atoms with E-state index in [1.165, 1.54) is 0 Å². The topological polar surface area (TPSA) is 19.9 Å². The van der Waals surface area contributed by atoms with Crippen LogP contribution in [0.5, 0.6) is 0 Å². The quantitative estimate of drug-likeness (QED) is 0.576. The van der Waals surface area contributed by atoms with Gasteiger partial charge in [0.05, 0.1) is 6.10 Å². The molecule has 0 unspecified atom stereocenters. The van der Waals surface area contributed by atoms with Crippen molar-refractivity contribution < 1.29 is 5.11 Å². The van der Waals surface area contributed by atoms with E-state index in [4.69, 9.17) is 0 Å². The summed E-state index contributed by atoms with van der Waals surface area (Å²) in [6, 6.07) is 0. The Kier molecular flexibility index (Phi) is 4.71. The van der Waals surface area contributed by atoms with Crippen LogP contribution in [0.1, 0.15) is 40.5 Å². The molecule has 1 heteroatoms. The number of rotatable bonds is 4. The first-order valence-electron chi connectivity index (χ1n) is 4.18. The third-order valence-corrected chi connectivity index (χ3v) is 1.47. The van der Waals surface area contributed by atoms with Crippen molar-refractivity contribution in [2.45, 2.75) is 46.6 Å². The Morgan fingerprint density at radius 2 is 1.20 bits per heavy atom. The van der Waals surface area contributed by atoms with Crippen LogP contribution >= 0.6 is 0 Å². The highest BCUT2D eigenvalue weighted by Gasteiger charge is 2.09. The van der Waals surface area contributed by atoms with Gasteiger partial charge in [0, 0.05) is 0 Å². The van der Waals surface area contributed by atoms with Crippen molar-refractivity contribution in [3.63, 3.8) is 0 Å². The van der Waals surface area contributed by atoms with Gasteiger partial charge in [-0.2, -0.15) is 0 Å². The molecule has 0 aromatic heterocycles. The molecule has 0 rings (SSSR count). The fourth-order valence-electron chi connectivity index (χ4n) is 1.15. The molecule has 0 aliphatic heterocycles. The molecule has 0 aliphatic carbocycles. The molecule has 61 valence electrons. The number of hydrogen-bond donors (Lipinski definition) is 0. The Morgan fingerprint density at radius 1 is 0.900 bits per heavy atom. The van der Waals surface area contributed by atoms with Crippen molar-refractivity contribution >= 4 is 0 Å². The Morgan fingerprint density at radius 3 is 1.40 bits per heavy atom. The van der Waals surface area contributed by atoms with Crippen molar-refractivity contribution in [3.8, 4) is 0 Å². The minimum atomic E-state index is -0.333. The summed E-state index contributed by atoms with van der Waals surface area (Å²) in [5, 5.41) is 11.1. The third-order valence-electron chi connectivity index (χ3n) is 1.47. The second-order valence-corrected chi connectivity index (χ2v) is 3.88. The second-order valence-electron chi connectivity index (χ2n) is 3.88. The van der Waals surface area contributed by atoms with Crippen molar-refractivity contribution in [2.24, 2.45) is 11.8 Å². The molecule has 0 atom stereocenters. The Hall–Kier alpha value is -0.0400. The summed E-state index contributed by atoms with van der Waals surface area (Å²) in [6.45, 7) is 8.41. The van der Waals surface area contributed by atoms with Crippen molar-refractivity contribution in [2.75, 3.05) is 0 Å². The third kappa shape index (κ3) is 6.09. The van der Waals surface area contributed by atoms with E-state index in [0.29, 0.717) is 11.8 Å². The van der Waals surface area contributed by atoms with Crippen molar-refractivity contribution in [1.29, 1.82) is 0 Å². The maximum absolute atomic E-state index is 11.1. The van der Waals surface area contributed by atoms with E-state index in [9.17, 15) is 5.11 Å². The molecule has 0 saturated carbocycles. The SMILES string of the molecule is CC(C)CC([O])CC(C)C. The van der Waals surface area contributed by atoms with E-state index in [2.05, 4.69) is 27.7 Å². The summed E-state index contributed by atoms with van der Waals surface area (Å²) >= 11 is 0. The average molecular weight is 143 g/mol. The van der Waals surface area contributed by atoms with Crippen LogP contribution in [0.4, 0.5) is 0 Å². The zero-order chi connectivity index (χ0) is 8.15. The maximum Gasteiger partial charge on any atom is 0.0935 e. The van der Waals surface area contributed by atoms with Crippen molar-refractivity contribution in [3.05, 3.63) is 0 Å². The van der Waals surface area contributed by atoms with E-state index >= 15 is 0 Å². The Balaban J connectivity index is 3.34. The molecule has 10 heavy (non-hydrogen) atoms. The second kappa shape index (κ2) is 4.73. The van der Waals surface area contributed by atoms with Crippen LogP contribution < -0.4 is 0 Å².